The van der Waals surface area contributed by atoms with Gasteiger partial charge in [-0.3, -0.25) is 9.69 Å². The van der Waals surface area contributed by atoms with Crippen LogP contribution in [0.15, 0.2) is 24.3 Å². The normalized spacial score (nSPS) is 34.6. The van der Waals surface area contributed by atoms with Gasteiger partial charge >= 0.3 is 5.97 Å². The molecule has 1 aromatic rings. The molecule has 1 unspecified atom stereocenters. The first-order valence-corrected chi connectivity index (χ1v) is 7.06. The minimum Gasteiger partial charge on any atom is -0.486 e. The third-order valence-corrected chi connectivity index (χ3v) is 4.58. The molecule has 0 spiro atoms. The number of aliphatic carboxylic acids is 1. The molecule has 5 nitrogen and oxygen atoms in total. The molecular formula is C15H17NO4. The molecule has 2 aliphatic heterocycles. The number of likely N-dealkylation sites (tertiary alicyclic amines) is 1. The van der Waals surface area contributed by atoms with Crippen LogP contribution in [-0.4, -0.2) is 48.3 Å². The van der Waals surface area contributed by atoms with Crippen LogP contribution in [0.3, 0.4) is 0 Å². The zero-order valence-electron chi connectivity index (χ0n) is 11.1. The molecule has 2 fully saturated rings. The molecule has 106 valence electrons. The lowest BCUT2D eigenvalue weighted by atomic mass is 10.2. The van der Waals surface area contributed by atoms with Crippen molar-refractivity contribution in [2.45, 2.75) is 6.10 Å². The summed E-state index contributed by atoms with van der Waals surface area (Å²) in [7, 11) is 0. The highest BCUT2D eigenvalue weighted by molar-refractivity contribution is 5.74. The number of carboxylic acid groups (broad SMARTS) is 1. The number of nitrogens with zero attached hydrogens (tertiary/aromatic N) is 1. The van der Waals surface area contributed by atoms with Gasteiger partial charge < -0.3 is 14.6 Å². The van der Waals surface area contributed by atoms with Crippen molar-refractivity contribution >= 4 is 5.97 Å². The zero-order chi connectivity index (χ0) is 13.7. The number of ether oxygens (including phenoxy) is 2. The van der Waals surface area contributed by atoms with E-state index in [0.29, 0.717) is 18.4 Å². The van der Waals surface area contributed by atoms with Gasteiger partial charge in [0, 0.05) is 19.6 Å². The van der Waals surface area contributed by atoms with Crippen LogP contribution < -0.4 is 9.47 Å². The second kappa shape index (κ2) is 4.38. The number of para-hydroxylation sites is 2. The molecule has 0 amide bonds. The van der Waals surface area contributed by atoms with E-state index in [1.54, 1.807) is 0 Å². The molecule has 1 saturated carbocycles. The van der Waals surface area contributed by atoms with E-state index in [1.165, 1.54) is 0 Å². The van der Waals surface area contributed by atoms with Crippen molar-refractivity contribution in [3.05, 3.63) is 24.3 Å². The molecule has 2 heterocycles. The second-order valence-electron chi connectivity index (χ2n) is 5.91. The average molecular weight is 275 g/mol. The topological polar surface area (TPSA) is 59.0 Å². The summed E-state index contributed by atoms with van der Waals surface area (Å²) in [5, 5.41) is 9.01. The molecule has 20 heavy (non-hydrogen) atoms. The molecule has 1 saturated heterocycles. The average Bonchev–Trinajstić information content (AvgIpc) is 2.97. The highest BCUT2D eigenvalue weighted by Gasteiger charge is 2.59. The van der Waals surface area contributed by atoms with Crippen molar-refractivity contribution in [1.29, 1.82) is 0 Å². The summed E-state index contributed by atoms with van der Waals surface area (Å²) in [4.78, 5) is 13.2. The van der Waals surface area contributed by atoms with Gasteiger partial charge in [-0.05, 0) is 24.0 Å². The van der Waals surface area contributed by atoms with E-state index in [2.05, 4.69) is 4.90 Å². The van der Waals surface area contributed by atoms with Gasteiger partial charge in [0.2, 0.25) is 0 Å². The third kappa shape index (κ3) is 1.93. The summed E-state index contributed by atoms with van der Waals surface area (Å²) in [6, 6.07) is 7.70. The lowest BCUT2D eigenvalue weighted by Gasteiger charge is -2.30. The van der Waals surface area contributed by atoms with E-state index >= 15 is 0 Å². The van der Waals surface area contributed by atoms with Crippen LogP contribution in [-0.2, 0) is 4.79 Å². The van der Waals surface area contributed by atoms with Crippen LogP contribution in [0.2, 0.25) is 0 Å². The van der Waals surface area contributed by atoms with Gasteiger partial charge in [-0.2, -0.15) is 0 Å². The van der Waals surface area contributed by atoms with Crippen molar-refractivity contribution in [3.8, 4) is 11.5 Å². The second-order valence-corrected chi connectivity index (χ2v) is 5.91. The molecule has 1 aliphatic carbocycles. The standard InChI is InChI=1S/C15H17NO4/c17-15(18)14-10-6-16(7-11(10)14)5-9-8-19-12-3-1-2-4-13(12)20-9/h1-4,9-11,14H,5-8H2,(H,17,18)/t9-,10-,11+,14?/m1/s1. The Hall–Kier alpha value is -1.75. The van der Waals surface area contributed by atoms with E-state index in [0.717, 1.165) is 31.1 Å². The molecular weight excluding hydrogens is 258 g/mol. The van der Waals surface area contributed by atoms with Crippen molar-refractivity contribution in [3.63, 3.8) is 0 Å². The first kappa shape index (κ1) is 12.0. The maximum atomic E-state index is 10.9. The van der Waals surface area contributed by atoms with Crippen molar-refractivity contribution in [1.82, 2.24) is 4.90 Å². The van der Waals surface area contributed by atoms with Crippen LogP contribution in [0.5, 0.6) is 11.5 Å². The molecule has 1 aromatic carbocycles. The fraction of sp³-hybridized carbons (Fsp3) is 0.533. The minimum absolute atomic E-state index is 0.0330. The van der Waals surface area contributed by atoms with Gasteiger partial charge in [0.1, 0.15) is 12.7 Å². The molecule has 0 aromatic heterocycles. The van der Waals surface area contributed by atoms with E-state index in [9.17, 15) is 4.79 Å². The van der Waals surface area contributed by atoms with E-state index < -0.39 is 5.97 Å². The fourth-order valence-electron chi connectivity index (χ4n) is 3.57. The smallest absolute Gasteiger partial charge is 0.307 e. The molecule has 0 radical (unpaired) electrons. The minimum atomic E-state index is -0.633. The Morgan fingerprint density at radius 2 is 1.95 bits per heavy atom. The maximum Gasteiger partial charge on any atom is 0.307 e. The van der Waals surface area contributed by atoms with E-state index in [4.69, 9.17) is 14.6 Å². The number of piperidine rings is 1. The first-order chi connectivity index (χ1) is 9.72. The summed E-state index contributed by atoms with van der Waals surface area (Å²) in [6.07, 6.45) is 0.0330. The van der Waals surface area contributed by atoms with Crippen LogP contribution in [0.4, 0.5) is 0 Å². The number of carboxylic acids is 1. The summed E-state index contributed by atoms with van der Waals surface area (Å²) in [6.45, 7) is 3.13. The zero-order valence-corrected chi connectivity index (χ0v) is 11.1. The lowest BCUT2D eigenvalue weighted by molar-refractivity contribution is -0.139. The highest BCUT2D eigenvalue weighted by Crippen LogP contribution is 2.51. The number of carbonyl (C=O) groups is 1. The summed E-state index contributed by atoms with van der Waals surface area (Å²) >= 11 is 0. The van der Waals surface area contributed by atoms with Gasteiger partial charge in [-0.15, -0.1) is 0 Å². The number of fused-ring (bicyclic) bond motifs is 2. The Balaban J connectivity index is 1.33. The Kier molecular flexibility index (Phi) is 2.63. The number of benzene rings is 1. The van der Waals surface area contributed by atoms with Crippen molar-refractivity contribution in [2.24, 2.45) is 17.8 Å². The third-order valence-electron chi connectivity index (χ3n) is 4.58. The molecule has 1 N–H and O–H groups in total. The van der Waals surface area contributed by atoms with Crippen LogP contribution >= 0.6 is 0 Å². The number of hydrogen-bond donors (Lipinski definition) is 1. The largest absolute Gasteiger partial charge is 0.486 e. The van der Waals surface area contributed by atoms with Gasteiger partial charge in [0.05, 0.1) is 5.92 Å². The van der Waals surface area contributed by atoms with E-state index in [-0.39, 0.29) is 12.0 Å². The molecule has 4 rings (SSSR count). The summed E-state index contributed by atoms with van der Waals surface area (Å²) in [5.74, 6) is 1.57. The van der Waals surface area contributed by atoms with Gasteiger partial charge in [-0.1, -0.05) is 12.1 Å². The molecule has 3 aliphatic rings. The summed E-state index contributed by atoms with van der Waals surface area (Å²) in [5.41, 5.74) is 0. The predicted octanol–water partition coefficient (Wildman–Crippen LogP) is 1.09. The number of hydrogen-bond acceptors (Lipinski definition) is 4. The Bertz CT molecular complexity index is 534. The Labute approximate surface area is 117 Å². The lowest BCUT2D eigenvalue weighted by Crippen LogP contribution is -2.41. The molecule has 5 heteroatoms. The Morgan fingerprint density at radius 3 is 2.65 bits per heavy atom. The predicted molar refractivity (Wildman–Crippen MR) is 70.9 cm³/mol. The van der Waals surface area contributed by atoms with Gasteiger partial charge in [0.25, 0.3) is 0 Å². The number of rotatable bonds is 3. The summed E-state index contributed by atoms with van der Waals surface area (Å²) < 4.78 is 11.6. The van der Waals surface area contributed by atoms with Crippen molar-refractivity contribution in [2.75, 3.05) is 26.2 Å². The molecule has 0 bridgehead atoms. The Morgan fingerprint density at radius 1 is 1.25 bits per heavy atom. The fourth-order valence-corrected chi connectivity index (χ4v) is 3.57. The van der Waals surface area contributed by atoms with Crippen LogP contribution in [0, 0.1) is 17.8 Å². The SMILES string of the molecule is O=C(O)C1[C@H]2CN(C[C@@H]3COc4ccccc4O3)C[C@@H]12. The van der Waals surface area contributed by atoms with Gasteiger partial charge in [-0.25, -0.2) is 0 Å². The highest BCUT2D eigenvalue weighted by atomic mass is 16.6. The first-order valence-electron chi connectivity index (χ1n) is 7.06. The maximum absolute atomic E-state index is 10.9. The van der Waals surface area contributed by atoms with Crippen LogP contribution in [0.1, 0.15) is 0 Å². The quantitative estimate of drug-likeness (QED) is 0.895. The van der Waals surface area contributed by atoms with Crippen LogP contribution in [0.25, 0.3) is 0 Å². The van der Waals surface area contributed by atoms with Gasteiger partial charge in [0.15, 0.2) is 11.5 Å². The monoisotopic (exact) mass is 275 g/mol. The van der Waals surface area contributed by atoms with E-state index in [1.807, 2.05) is 24.3 Å². The molecule has 4 atom stereocenters. The van der Waals surface area contributed by atoms with Crippen molar-refractivity contribution < 1.29 is 19.4 Å².